The Labute approximate surface area is 201 Å². The number of aromatic nitrogens is 5. The third-order valence-corrected chi connectivity index (χ3v) is 5.08. The van der Waals surface area contributed by atoms with Crippen LogP contribution in [0.4, 0.5) is 22.0 Å². The van der Waals surface area contributed by atoms with Crippen molar-refractivity contribution in [2.24, 2.45) is 7.05 Å². The van der Waals surface area contributed by atoms with E-state index in [1.54, 1.807) is 39.8 Å². The van der Waals surface area contributed by atoms with E-state index < -0.39 is 17.6 Å². The van der Waals surface area contributed by atoms with Gasteiger partial charge in [-0.15, -0.1) is 5.10 Å². The standard InChI is InChI=1S/C22H28N8O5/c1-12-10-34-11-13-7-14(20(32)29(6)26-13)25-17-8-15(28(5)21(33)35-22(2,3)4)18-23-9-16(19(31)24-12)30(18)27-17/h7-9,12H,10-11H2,1-6H3,(H,24,31)(H,25,27)/t12-/m1/s1. The fraction of sp³-hybridized carbons (Fsp3) is 0.455. The van der Waals surface area contributed by atoms with Crippen molar-refractivity contribution in [2.45, 2.75) is 45.9 Å². The van der Waals surface area contributed by atoms with Gasteiger partial charge in [0.2, 0.25) is 0 Å². The number of rotatable bonds is 1. The first-order chi connectivity index (χ1) is 16.4. The SMILES string of the molecule is C[C@@H]1COCc2cc(c(=O)n(C)n2)Nc2cc(N(C)C(=O)OC(C)(C)C)c3ncc(n3n2)C(=O)N1. The fourth-order valence-corrected chi connectivity index (χ4v) is 3.49. The van der Waals surface area contributed by atoms with Crippen molar-refractivity contribution in [2.75, 3.05) is 23.9 Å². The topological polar surface area (TPSA) is 145 Å². The average Bonchev–Trinajstić information content (AvgIpc) is 3.18. The van der Waals surface area contributed by atoms with Crippen molar-refractivity contribution in [1.82, 2.24) is 29.7 Å². The first-order valence-electron chi connectivity index (χ1n) is 11.0. The molecule has 35 heavy (non-hydrogen) atoms. The molecule has 1 atom stereocenters. The number of carbonyl (C=O) groups is 2. The number of aryl methyl sites for hydroxylation is 1. The molecule has 1 aliphatic heterocycles. The molecule has 1 aliphatic rings. The molecule has 13 heteroatoms. The van der Waals surface area contributed by atoms with E-state index in [0.29, 0.717) is 11.4 Å². The van der Waals surface area contributed by atoms with E-state index in [9.17, 15) is 14.4 Å². The molecule has 0 saturated heterocycles. The van der Waals surface area contributed by atoms with E-state index in [4.69, 9.17) is 9.47 Å². The van der Waals surface area contributed by atoms with Gasteiger partial charge in [0.15, 0.2) is 17.2 Å². The minimum Gasteiger partial charge on any atom is -0.443 e. The molecule has 0 saturated carbocycles. The summed E-state index contributed by atoms with van der Waals surface area (Å²) in [6, 6.07) is 2.81. The number of anilines is 3. The van der Waals surface area contributed by atoms with Gasteiger partial charge in [-0.1, -0.05) is 0 Å². The molecule has 2 amide bonds. The highest BCUT2D eigenvalue weighted by molar-refractivity contribution is 5.96. The lowest BCUT2D eigenvalue weighted by molar-refractivity contribution is 0.0589. The zero-order valence-corrected chi connectivity index (χ0v) is 20.4. The molecule has 4 rings (SSSR count). The normalized spacial score (nSPS) is 16.4. The molecule has 4 heterocycles. The number of carbonyl (C=O) groups excluding carboxylic acids is 2. The van der Waals surface area contributed by atoms with Crippen LogP contribution in [0, 0.1) is 0 Å². The van der Waals surface area contributed by atoms with Gasteiger partial charge in [-0.05, 0) is 33.8 Å². The van der Waals surface area contributed by atoms with Crippen molar-refractivity contribution < 1.29 is 19.1 Å². The zero-order chi connectivity index (χ0) is 25.5. The molecule has 3 aromatic rings. The van der Waals surface area contributed by atoms with Crippen LogP contribution < -0.4 is 21.1 Å². The van der Waals surface area contributed by atoms with Crippen molar-refractivity contribution >= 4 is 34.8 Å². The van der Waals surface area contributed by atoms with E-state index in [1.807, 2.05) is 0 Å². The third-order valence-electron chi connectivity index (χ3n) is 5.08. The second-order valence-electron chi connectivity index (χ2n) is 9.33. The summed E-state index contributed by atoms with van der Waals surface area (Å²) in [5.74, 6) is -0.219. The van der Waals surface area contributed by atoms with Crippen LogP contribution >= 0.6 is 0 Å². The van der Waals surface area contributed by atoms with Crippen LogP contribution in [0.25, 0.3) is 5.65 Å². The monoisotopic (exact) mass is 484 g/mol. The van der Waals surface area contributed by atoms with Crippen LogP contribution in [0.5, 0.6) is 0 Å². The second-order valence-corrected chi connectivity index (χ2v) is 9.33. The summed E-state index contributed by atoms with van der Waals surface area (Å²) >= 11 is 0. The minimum atomic E-state index is -0.720. The molecule has 186 valence electrons. The number of fused-ring (bicyclic) bond motifs is 3. The van der Waals surface area contributed by atoms with Crippen LogP contribution in [0.3, 0.4) is 0 Å². The van der Waals surface area contributed by atoms with Crippen molar-refractivity contribution in [1.29, 1.82) is 0 Å². The molecular weight excluding hydrogens is 456 g/mol. The molecule has 2 N–H and O–H groups in total. The first-order valence-corrected chi connectivity index (χ1v) is 11.0. The molecule has 13 nitrogen and oxygen atoms in total. The van der Waals surface area contributed by atoms with Crippen LogP contribution in [0.1, 0.15) is 43.9 Å². The average molecular weight is 485 g/mol. The highest BCUT2D eigenvalue weighted by Gasteiger charge is 2.26. The maximum Gasteiger partial charge on any atom is 0.414 e. The Bertz CT molecular complexity index is 1360. The molecule has 0 aromatic carbocycles. The van der Waals surface area contributed by atoms with Gasteiger partial charge in [-0.25, -0.2) is 19.0 Å². The fourth-order valence-electron chi connectivity index (χ4n) is 3.49. The Morgan fingerprint density at radius 2 is 2.00 bits per heavy atom. The van der Waals surface area contributed by atoms with E-state index in [2.05, 4.69) is 25.8 Å². The van der Waals surface area contributed by atoms with Crippen LogP contribution in [0.2, 0.25) is 0 Å². The van der Waals surface area contributed by atoms with Crippen molar-refractivity contribution in [3.05, 3.63) is 40.1 Å². The lowest BCUT2D eigenvalue weighted by Gasteiger charge is -2.25. The van der Waals surface area contributed by atoms with Crippen LogP contribution in [0.15, 0.2) is 23.1 Å². The van der Waals surface area contributed by atoms with Crippen molar-refractivity contribution in [3.63, 3.8) is 0 Å². The molecule has 0 aliphatic carbocycles. The number of nitrogens with zero attached hydrogens (tertiary/aromatic N) is 6. The highest BCUT2D eigenvalue weighted by Crippen LogP contribution is 2.26. The maximum atomic E-state index is 13.0. The van der Waals surface area contributed by atoms with Crippen LogP contribution in [-0.4, -0.2) is 61.7 Å². The Hall–Kier alpha value is -4.00. The van der Waals surface area contributed by atoms with Gasteiger partial charge in [-0.2, -0.15) is 5.10 Å². The Morgan fingerprint density at radius 1 is 1.26 bits per heavy atom. The maximum absolute atomic E-state index is 13.0. The molecule has 0 fully saturated rings. The Kier molecular flexibility index (Phi) is 6.19. The van der Waals surface area contributed by atoms with Gasteiger partial charge in [-0.3, -0.25) is 14.5 Å². The number of ether oxygens (including phenoxy) is 2. The lowest BCUT2D eigenvalue weighted by atomic mass is 10.2. The quantitative estimate of drug-likeness (QED) is 0.526. The summed E-state index contributed by atoms with van der Waals surface area (Å²) in [6.07, 6.45) is 0.754. The number of nitrogens with one attached hydrogen (secondary N) is 2. The van der Waals surface area contributed by atoms with E-state index in [-0.39, 0.29) is 47.7 Å². The smallest absolute Gasteiger partial charge is 0.414 e. The van der Waals surface area contributed by atoms with E-state index in [1.165, 1.54) is 34.4 Å². The molecule has 0 unspecified atom stereocenters. The van der Waals surface area contributed by atoms with Gasteiger partial charge in [0, 0.05) is 26.2 Å². The highest BCUT2D eigenvalue weighted by atomic mass is 16.6. The van der Waals surface area contributed by atoms with Gasteiger partial charge < -0.3 is 20.1 Å². The summed E-state index contributed by atoms with van der Waals surface area (Å²) < 4.78 is 13.7. The number of hydrogen-bond donors (Lipinski definition) is 2. The number of hydrogen-bond acceptors (Lipinski definition) is 9. The summed E-state index contributed by atoms with van der Waals surface area (Å²) in [6.45, 7) is 7.45. The summed E-state index contributed by atoms with van der Waals surface area (Å²) in [7, 11) is 3.07. The molecule has 0 spiro atoms. The summed E-state index contributed by atoms with van der Waals surface area (Å²) in [4.78, 5) is 44.2. The molecular formula is C22H28N8O5. The van der Waals surface area contributed by atoms with Crippen LogP contribution in [-0.2, 0) is 23.1 Å². The summed E-state index contributed by atoms with van der Waals surface area (Å²) in [5, 5.41) is 14.5. The Morgan fingerprint density at radius 3 is 2.71 bits per heavy atom. The summed E-state index contributed by atoms with van der Waals surface area (Å²) in [5.41, 5.74) is 0.341. The molecule has 0 radical (unpaired) electrons. The van der Waals surface area contributed by atoms with Crippen molar-refractivity contribution in [3.8, 4) is 0 Å². The van der Waals surface area contributed by atoms with E-state index >= 15 is 0 Å². The predicted octanol–water partition coefficient (Wildman–Crippen LogP) is 1.59. The van der Waals surface area contributed by atoms with Gasteiger partial charge in [0.05, 0.1) is 30.8 Å². The number of imidazole rings is 1. The molecule has 4 bridgehead atoms. The second kappa shape index (κ2) is 8.98. The lowest BCUT2D eigenvalue weighted by Crippen LogP contribution is -2.37. The largest absolute Gasteiger partial charge is 0.443 e. The van der Waals surface area contributed by atoms with Gasteiger partial charge in [0.25, 0.3) is 11.5 Å². The first kappa shape index (κ1) is 24.1. The number of amides is 2. The Balaban J connectivity index is 1.89. The predicted molar refractivity (Wildman–Crippen MR) is 127 cm³/mol. The minimum absolute atomic E-state index is 0.139. The van der Waals surface area contributed by atoms with E-state index in [0.717, 1.165) is 0 Å². The third kappa shape index (κ3) is 5.09. The van der Waals surface area contributed by atoms with Gasteiger partial charge >= 0.3 is 6.09 Å². The van der Waals surface area contributed by atoms with Gasteiger partial charge in [0.1, 0.15) is 11.3 Å². The zero-order valence-electron chi connectivity index (χ0n) is 20.4. The molecule has 3 aromatic heterocycles.